The van der Waals surface area contributed by atoms with E-state index in [0.29, 0.717) is 12.0 Å². The summed E-state index contributed by atoms with van der Waals surface area (Å²) >= 11 is 0. The summed E-state index contributed by atoms with van der Waals surface area (Å²) in [5.74, 6) is -0.180. The molecule has 1 aromatic carbocycles. The van der Waals surface area contributed by atoms with Crippen molar-refractivity contribution in [2.45, 2.75) is 25.8 Å². The molecule has 0 spiro atoms. The van der Waals surface area contributed by atoms with Crippen LogP contribution in [-0.4, -0.2) is 24.6 Å². The van der Waals surface area contributed by atoms with E-state index in [4.69, 9.17) is 5.73 Å². The van der Waals surface area contributed by atoms with Crippen LogP contribution < -0.4 is 10.6 Å². The molecule has 0 amide bonds. The first kappa shape index (κ1) is 15.4. The van der Waals surface area contributed by atoms with Crippen molar-refractivity contribution in [2.24, 2.45) is 5.73 Å². The van der Waals surface area contributed by atoms with Gasteiger partial charge < -0.3 is 10.6 Å². The fraction of sp³-hybridized carbons (Fsp3) is 0.353. The number of hydrogen-bond donors (Lipinski definition) is 1. The third-order valence-corrected chi connectivity index (χ3v) is 3.52. The predicted molar refractivity (Wildman–Crippen MR) is 85.0 cm³/mol. The third-order valence-electron chi connectivity index (χ3n) is 3.52. The Hall–Kier alpha value is -1.94. The van der Waals surface area contributed by atoms with E-state index in [-0.39, 0.29) is 11.9 Å². The molecule has 1 heterocycles. The van der Waals surface area contributed by atoms with Crippen LogP contribution in [0.15, 0.2) is 42.7 Å². The molecule has 2 aromatic rings. The summed E-state index contributed by atoms with van der Waals surface area (Å²) in [4.78, 5) is 6.10. The van der Waals surface area contributed by atoms with Gasteiger partial charge >= 0.3 is 0 Å². The van der Waals surface area contributed by atoms with Crippen LogP contribution in [0.2, 0.25) is 0 Å². The van der Waals surface area contributed by atoms with Gasteiger partial charge in [-0.05, 0) is 49.6 Å². The Kier molecular flexibility index (Phi) is 5.28. The van der Waals surface area contributed by atoms with Crippen LogP contribution in [0.5, 0.6) is 0 Å². The highest BCUT2D eigenvalue weighted by atomic mass is 19.1. The second kappa shape index (κ2) is 7.18. The standard InChI is InChI=1S/C17H22FN3/c1-13(19)12-15-16(18)4-3-5-17(15)21(2)11-8-14-6-9-20-10-7-14/h3-7,9-10,13H,8,11-12,19H2,1-2H3. The molecule has 1 unspecified atom stereocenters. The minimum absolute atomic E-state index is 0.0609. The number of hydrogen-bond acceptors (Lipinski definition) is 3. The van der Waals surface area contributed by atoms with Gasteiger partial charge in [-0.15, -0.1) is 0 Å². The minimum Gasteiger partial charge on any atom is -0.374 e. The summed E-state index contributed by atoms with van der Waals surface area (Å²) in [5, 5.41) is 0. The molecule has 21 heavy (non-hydrogen) atoms. The quantitative estimate of drug-likeness (QED) is 0.888. The highest BCUT2D eigenvalue weighted by Gasteiger charge is 2.13. The molecule has 1 atom stereocenters. The third kappa shape index (κ3) is 4.26. The van der Waals surface area contributed by atoms with Gasteiger partial charge in [-0.2, -0.15) is 0 Å². The first-order valence-electron chi connectivity index (χ1n) is 7.21. The van der Waals surface area contributed by atoms with Gasteiger partial charge in [0, 0.05) is 43.3 Å². The Morgan fingerprint density at radius 3 is 2.62 bits per heavy atom. The van der Waals surface area contributed by atoms with Gasteiger partial charge in [0.2, 0.25) is 0 Å². The average Bonchev–Trinajstić information content (AvgIpc) is 2.47. The number of pyridine rings is 1. The molecular formula is C17H22FN3. The van der Waals surface area contributed by atoms with Crippen LogP contribution in [0.1, 0.15) is 18.1 Å². The Labute approximate surface area is 125 Å². The molecule has 3 nitrogen and oxygen atoms in total. The largest absolute Gasteiger partial charge is 0.374 e. The second-order valence-electron chi connectivity index (χ2n) is 5.45. The highest BCUT2D eigenvalue weighted by Crippen LogP contribution is 2.23. The van der Waals surface area contributed by atoms with Crippen molar-refractivity contribution in [3.05, 3.63) is 59.7 Å². The highest BCUT2D eigenvalue weighted by molar-refractivity contribution is 5.54. The van der Waals surface area contributed by atoms with E-state index in [1.165, 1.54) is 11.6 Å². The molecule has 0 aliphatic carbocycles. The zero-order valence-electron chi connectivity index (χ0n) is 12.6. The Morgan fingerprint density at radius 1 is 1.24 bits per heavy atom. The van der Waals surface area contributed by atoms with E-state index in [1.807, 2.05) is 32.2 Å². The molecule has 0 fully saturated rings. The lowest BCUT2D eigenvalue weighted by Gasteiger charge is -2.23. The Morgan fingerprint density at radius 2 is 1.95 bits per heavy atom. The summed E-state index contributed by atoms with van der Waals surface area (Å²) in [5.41, 5.74) is 8.68. The lowest BCUT2D eigenvalue weighted by atomic mass is 10.0. The van der Waals surface area contributed by atoms with E-state index >= 15 is 0 Å². The molecule has 0 aliphatic heterocycles. The number of nitrogens with two attached hydrogens (primary N) is 1. The molecule has 2 rings (SSSR count). The van der Waals surface area contributed by atoms with Gasteiger partial charge in [-0.25, -0.2) is 4.39 Å². The van der Waals surface area contributed by atoms with E-state index in [1.54, 1.807) is 18.5 Å². The Balaban J connectivity index is 2.11. The zero-order chi connectivity index (χ0) is 15.2. The first-order valence-corrected chi connectivity index (χ1v) is 7.21. The van der Waals surface area contributed by atoms with E-state index in [0.717, 1.165) is 18.7 Å². The molecule has 0 radical (unpaired) electrons. The van der Waals surface area contributed by atoms with Crippen LogP contribution in [-0.2, 0) is 12.8 Å². The van der Waals surface area contributed by atoms with Gasteiger partial charge in [-0.1, -0.05) is 6.07 Å². The maximum atomic E-state index is 14.0. The van der Waals surface area contributed by atoms with Crippen LogP contribution in [0.25, 0.3) is 0 Å². The molecule has 1 aromatic heterocycles. The number of anilines is 1. The molecule has 0 saturated heterocycles. The fourth-order valence-corrected chi connectivity index (χ4v) is 2.40. The number of aromatic nitrogens is 1. The summed E-state index contributed by atoms with van der Waals surface area (Å²) in [6, 6.07) is 9.14. The van der Waals surface area contributed by atoms with Crippen LogP contribution in [0.4, 0.5) is 10.1 Å². The van der Waals surface area contributed by atoms with Crippen molar-refractivity contribution in [3.8, 4) is 0 Å². The van der Waals surface area contributed by atoms with Crippen molar-refractivity contribution >= 4 is 5.69 Å². The van der Waals surface area contributed by atoms with Crippen LogP contribution in [0.3, 0.4) is 0 Å². The van der Waals surface area contributed by atoms with E-state index < -0.39 is 0 Å². The molecule has 0 aliphatic rings. The predicted octanol–water partition coefficient (Wildman–Crippen LogP) is 2.79. The van der Waals surface area contributed by atoms with Crippen LogP contribution >= 0.6 is 0 Å². The summed E-state index contributed by atoms with van der Waals surface area (Å²) in [6.07, 6.45) is 5.02. The van der Waals surface area contributed by atoms with Crippen molar-refractivity contribution in [3.63, 3.8) is 0 Å². The van der Waals surface area contributed by atoms with E-state index in [9.17, 15) is 4.39 Å². The summed E-state index contributed by atoms with van der Waals surface area (Å²) in [6.45, 7) is 2.71. The molecule has 112 valence electrons. The van der Waals surface area contributed by atoms with Gasteiger partial charge in [0.05, 0.1) is 0 Å². The maximum absolute atomic E-state index is 14.0. The smallest absolute Gasteiger partial charge is 0.128 e. The minimum atomic E-state index is -0.180. The molecule has 0 saturated carbocycles. The molecule has 4 heteroatoms. The van der Waals surface area contributed by atoms with Crippen molar-refractivity contribution in [1.82, 2.24) is 4.98 Å². The summed E-state index contributed by atoms with van der Waals surface area (Å²) < 4.78 is 14.0. The molecule has 2 N–H and O–H groups in total. The summed E-state index contributed by atoms with van der Waals surface area (Å²) in [7, 11) is 1.99. The van der Waals surface area contributed by atoms with E-state index in [2.05, 4.69) is 9.88 Å². The first-order chi connectivity index (χ1) is 10.1. The normalized spacial score (nSPS) is 12.2. The van der Waals surface area contributed by atoms with Gasteiger partial charge in [0.15, 0.2) is 0 Å². The van der Waals surface area contributed by atoms with Crippen molar-refractivity contribution in [1.29, 1.82) is 0 Å². The van der Waals surface area contributed by atoms with Gasteiger partial charge in [-0.3, -0.25) is 4.98 Å². The number of rotatable bonds is 6. The fourth-order valence-electron chi connectivity index (χ4n) is 2.40. The van der Waals surface area contributed by atoms with Gasteiger partial charge in [0.1, 0.15) is 5.82 Å². The lowest BCUT2D eigenvalue weighted by molar-refractivity contribution is 0.595. The van der Waals surface area contributed by atoms with Crippen LogP contribution in [0, 0.1) is 5.82 Å². The SMILES string of the molecule is CC(N)Cc1c(F)cccc1N(C)CCc1ccncc1. The number of benzene rings is 1. The lowest BCUT2D eigenvalue weighted by Crippen LogP contribution is -2.25. The molecular weight excluding hydrogens is 265 g/mol. The van der Waals surface area contributed by atoms with Crippen molar-refractivity contribution in [2.75, 3.05) is 18.5 Å². The second-order valence-corrected chi connectivity index (χ2v) is 5.45. The van der Waals surface area contributed by atoms with Gasteiger partial charge in [0.25, 0.3) is 0 Å². The Bertz CT molecular complexity index is 570. The number of likely N-dealkylation sites (N-methyl/N-ethyl adjacent to an activating group) is 1. The zero-order valence-corrected chi connectivity index (χ0v) is 12.6. The average molecular weight is 287 g/mol. The maximum Gasteiger partial charge on any atom is 0.128 e. The number of halogens is 1. The molecule has 0 bridgehead atoms. The topological polar surface area (TPSA) is 42.1 Å². The monoisotopic (exact) mass is 287 g/mol. The van der Waals surface area contributed by atoms with Crippen molar-refractivity contribution < 1.29 is 4.39 Å². The number of nitrogens with zero attached hydrogens (tertiary/aromatic N) is 2.